The molecule has 294 valence electrons. The maximum Gasteiger partial charge on any atom is 0.0978 e. The molecule has 8 rings (SSSR count). The number of rotatable bonds is 16. The zero-order valence-corrected chi connectivity index (χ0v) is 35.0. The van der Waals surface area contributed by atoms with Crippen LogP contribution in [0.3, 0.4) is 0 Å². The Hall–Kier alpha value is -5.96. The van der Waals surface area contributed by atoms with E-state index in [0.29, 0.717) is 0 Å². The molecule has 0 heterocycles. The first-order valence-electron chi connectivity index (χ1n) is 22.3. The van der Waals surface area contributed by atoms with Crippen molar-refractivity contribution in [3.8, 4) is 35.3 Å². The minimum Gasteiger partial charge on any atom is -0.246 e. The van der Waals surface area contributed by atoms with Crippen molar-refractivity contribution in [3.05, 3.63) is 166 Å². The fourth-order valence-electron chi connectivity index (χ4n) is 9.48. The van der Waals surface area contributed by atoms with E-state index in [0.717, 1.165) is 63.5 Å². The van der Waals surface area contributed by atoms with Crippen LogP contribution in [0.4, 0.5) is 11.4 Å². The summed E-state index contributed by atoms with van der Waals surface area (Å²) in [5, 5.41) is 2.41. The lowest BCUT2D eigenvalue weighted by atomic mass is 9.70. The zero-order valence-electron chi connectivity index (χ0n) is 35.0. The first-order chi connectivity index (χ1) is 29.1. The number of benzene rings is 6. The predicted molar refractivity (Wildman–Crippen MR) is 252 cm³/mol. The minimum atomic E-state index is -0.0432. The third-order valence-electron chi connectivity index (χ3n) is 12.5. The van der Waals surface area contributed by atoms with Gasteiger partial charge in [0.15, 0.2) is 0 Å². The molecule has 0 amide bonds. The highest BCUT2D eigenvalue weighted by Gasteiger charge is 2.42. The van der Waals surface area contributed by atoms with Gasteiger partial charge < -0.3 is 0 Å². The van der Waals surface area contributed by atoms with E-state index >= 15 is 0 Å². The molecule has 0 unspecified atom stereocenters. The summed E-state index contributed by atoms with van der Waals surface area (Å²) in [6.45, 7) is 4.59. The molecule has 0 spiro atoms. The number of aliphatic imine (C=N–C) groups is 2. The Kier molecular flexibility index (Phi) is 12.7. The molecule has 0 fully saturated rings. The number of unbranched alkanes of at least 4 members (excludes halogenated alkanes) is 10. The topological polar surface area (TPSA) is 24.7 Å². The van der Waals surface area contributed by atoms with Gasteiger partial charge in [0, 0.05) is 38.6 Å². The highest BCUT2D eigenvalue weighted by molar-refractivity contribution is 6.61. The summed E-state index contributed by atoms with van der Waals surface area (Å²) >= 11 is 0. The molecule has 2 nitrogen and oxygen atoms in total. The molecule has 0 radical (unpaired) electrons. The van der Waals surface area contributed by atoms with Gasteiger partial charge in [-0.2, -0.15) is 0 Å². The third-order valence-corrected chi connectivity index (χ3v) is 12.5. The van der Waals surface area contributed by atoms with Crippen LogP contribution in [0.25, 0.3) is 21.9 Å². The molecule has 59 heavy (non-hydrogen) atoms. The van der Waals surface area contributed by atoms with Gasteiger partial charge in [0.2, 0.25) is 0 Å². The summed E-state index contributed by atoms with van der Waals surface area (Å²) in [5.41, 5.74) is 14.4. The number of para-hydroxylation sites is 1. The molecule has 0 saturated carbocycles. The number of fused-ring (bicyclic) bond motifs is 3. The van der Waals surface area contributed by atoms with Crippen LogP contribution >= 0.6 is 0 Å². The van der Waals surface area contributed by atoms with Crippen molar-refractivity contribution in [3.63, 3.8) is 0 Å². The molecule has 0 bridgehead atoms. The van der Waals surface area contributed by atoms with Crippen molar-refractivity contribution < 1.29 is 0 Å². The summed E-state index contributed by atoms with van der Waals surface area (Å²) in [7, 11) is 0. The second-order valence-electron chi connectivity index (χ2n) is 16.5. The smallest absolute Gasteiger partial charge is 0.0978 e. The van der Waals surface area contributed by atoms with Crippen LogP contribution in [-0.4, -0.2) is 11.4 Å². The average molecular weight is 769 g/mol. The van der Waals surface area contributed by atoms with Crippen molar-refractivity contribution in [1.29, 1.82) is 0 Å². The Labute approximate surface area is 353 Å². The van der Waals surface area contributed by atoms with Crippen LogP contribution in [0.5, 0.6) is 0 Å². The zero-order chi connectivity index (χ0) is 40.4. The Balaban J connectivity index is 1.09. The Bertz CT molecular complexity index is 2570. The van der Waals surface area contributed by atoms with Gasteiger partial charge in [0.1, 0.15) is 0 Å². The van der Waals surface area contributed by atoms with Crippen LogP contribution < -0.4 is 0 Å². The van der Waals surface area contributed by atoms with Gasteiger partial charge >= 0.3 is 0 Å². The van der Waals surface area contributed by atoms with Crippen LogP contribution in [0.1, 0.15) is 143 Å². The summed E-state index contributed by atoms with van der Waals surface area (Å²) in [4.78, 5) is 10.4. The monoisotopic (exact) mass is 768 g/mol. The van der Waals surface area contributed by atoms with Gasteiger partial charge in [0.05, 0.1) is 22.8 Å². The largest absolute Gasteiger partial charge is 0.246 e. The number of hydrogen-bond donors (Lipinski definition) is 0. The number of nitrogens with zero attached hydrogens (tertiary/aromatic N) is 2. The molecule has 2 aliphatic rings. The summed E-state index contributed by atoms with van der Waals surface area (Å²) < 4.78 is 0. The summed E-state index contributed by atoms with van der Waals surface area (Å²) in [6.07, 6.45) is 23.9. The van der Waals surface area contributed by atoms with Crippen molar-refractivity contribution >= 4 is 33.6 Å². The van der Waals surface area contributed by atoms with Gasteiger partial charge in [0.25, 0.3) is 0 Å². The van der Waals surface area contributed by atoms with E-state index in [1.165, 1.54) is 110 Å². The molecule has 2 aliphatic carbocycles. The van der Waals surface area contributed by atoms with E-state index in [4.69, 9.17) is 16.4 Å². The van der Waals surface area contributed by atoms with E-state index in [2.05, 4.69) is 129 Å². The number of hydrogen-bond acceptors (Lipinski definition) is 2. The van der Waals surface area contributed by atoms with Gasteiger partial charge in [-0.05, 0) is 101 Å². The fourth-order valence-corrected chi connectivity index (χ4v) is 9.48. The Morgan fingerprint density at radius 1 is 0.458 bits per heavy atom. The molecule has 2 heteroatoms. The average Bonchev–Trinajstić information content (AvgIpc) is 3.72. The SMILES string of the molecule is C#Cc1ccc2c(c1)C(CCCCCCCC)(CCCCCCCC)c1cc(C#Cc3ccc(N=C4C(=Nc5ccccc5)c5cccc6cccc4c56)cc3)ccc1-2. The molecule has 6 aromatic rings. The first-order valence-corrected chi connectivity index (χ1v) is 22.3. The molecule has 0 saturated heterocycles. The Morgan fingerprint density at radius 2 is 0.949 bits per heavy atom. The van der Waals surface area contributed by atoms with Crippen molar-refractivity contribution in [2.24, 2.45) is 9.98 Å². The lowest BCUT2D eigenvalue weighted by Gasteiger charge is -2.33. The first kappa shape index (κ1) is 39.8. The molecule has 0 aliphatic heterocycles. The predicted octanol–water partition coefficient (Wildman–Crippen LogP) is 15.2. The lowest BCUT2D eigenvalue weighted by Crippen LogP contribution is -2.26. The van der Waals surface area contributed by atoms with Gasteiger partial charge in [-0.25, -0.2) is 9.98 Å². The van der Waals surface area contributed by atoms with Gasteiger partial charge in [-0.15, -0.1) is 6.42 Å². The third kappa shape index (κ3) is 8.61. The van der Waals surface area contributed by atoms with Crippen LogP contribution in [0.15, 0.2) is 137 Å². The van der Waals surface area contributed by atoms with E-state index in [1.807, 2.05) is 30.3 Å². The van der Waals surface area contributed by atoms with Crippen LogP contribution in [-0.2, 0) is 5.41 Å². The summed E-state index contributed by atoms with van der Waals surface area (Å²) in [6, 6.07) is 45.1. The standard InChI is InChI=1S/C57H56N2/c1-4-7-9-11-13-18-38-57(39-19-14-12-10-8-5-2)52-40-42(6-3)32-36-48(52)49-37-33-44(41-53(49)57)29-28-43-30-34-47(35-31-43)59-56-51-27-21-23-45-22-20-26-50(54(45)51)55(56)58-46-24-16-15-17-25-46/h3,15-17,20-27,30-37,40-41H,4-5,7-14,18-19,38-39H2,1-2H3. The maximum absolute atomic E-state index is 6.03. The Morgan fingerprint density at radius 3 is 1.53 bits per heavy atom. The van der Waals surface area contributed by atoms with E-state index in [9.17, 15) is 0 Å². The van der Waals surface area contributed by atoms with Crippen LogP contribution in [0, 0.1) is 24.2 Å². The maximum atomic E-state index is 6.03. The number of terminal acetylenes is 1. The molecule has 0 aromatic heterocycles. The fraction of sp³-hybridized carbons (Fsp3) is 0.298. The summed E-state index contributed by atoms with van der Waals surface area (Å²) in [5.74, 6) is 10.0. The molecular weight excluding hydrogens is 713 g/mol. The highest BCUT2D eigenvalue weighted by atomic mass is 14.8. The molecule has 0 N–H and O–H groups in total. The van der Waals surface area contributed by atoms with Crippen molar-refractivity contribution in [2.75, 3.05) is 0 Å². The van der Waals surface area contributed by atoms with E-state index < -0.39 is 0 Å². The van der Waals surface area contributed by atoms with Crippen molar-refractivity contribution in [1.82, 2.24) is 0 Å². The van der Waals surface area contributed by atoms with Gasteiger partial charge in [-0.3, -0.25) is 0 Å². The van der Waals surface area contributed by atoms with E-state index in [-0.39, 0.29) is 5.41 Å². The molecular formula is C57H56N2. The lowest BCUT2D eigenvalue weighted by molar-refractivity contribution is 0.397. The van der Waals surface area contributed by atoms with Gasteiger partial charge in [-0.1, -0.05) is 175 Å². The molecule has 0 atom stereocenters. The van der Waals surface area contributed by atoms with Crippen molar-refractivity contribution in [2.45, 2.75) is 109 Å². The normalized spacial score (nSPS) is 14.6. The highest BCUT2D eigenvalue weighted by Crippen LogP contribution is 2.54. The molecule has 6 aromatic carbocycles. The quantitative estimate of drug-likeness (QED) is 0.0692. The second kappa shape index (κ2) is 18.7. The van der Waals surface area contributed by atoms with E-state index in [1.54, 1.807) is 0 Å². The van der Waals surface area contributed by atoms with Crippen LogP contribution in [0.2, 0.25) is 0 Å². The minimum absolute atomic E-state index is 0.0432. The second-order valence-corrected chi connectivity index (χ2v) is 16.5.